The van der Waals surface area contributed by atoms with Gasteiger partial charge in [-0.1, -0.05) is 12.1 Å². The number of hydrogen-bond acceptors (Lipinski definition) is 3. The summed E-state index contributed by atoms with van der Waals surface area (Å²) < 4.78 is 12.8. The number of carboxylic acid groups (broad SMARTS) is 1. The third-order valence-corrected chi connectivity index (χ3v) is 3.02. The molecule has 5 heteroatoms. The number of benzene rings is 2. The van der Waals surface area contributed by atoms with E-state index >= 15 is 0 Å². The van der Waals surface area contributed by atoms with Gasteiger partial charge in [0.1, 0.15) is 5.82 Å². The number of halogens is 1. The zero-order valence-corrected chi connectivity index (χ0v) is 11.0. The highest BCUT2D eigenvalue weighted by Gasteiger charge is 2.10. The fourth-order valence-electron chi connectivity index (χ4n) is 1.98. The Hall–Kier alpha value is -2.56. The van der Waals surface area contributed by atoms with Gasteiger partial charge in [0.15, 0.2) is 0 Å². The second kappa shape index (κ2) is 5.61. The fourth-order valence-corrected chi connectivity index (χ4v) is 1.98. The van der Waals surface area contributed by atoms with Crippen LogP contribution >= 0.6 is 0 Å². The number of carbonyl (C=O) groups is 1. The van der Waals surface area contributed by atoms with E-state index in [1.54, 1.807) is 18.2 Å². The molecule has 0 saturated heterocycles. The standard InChI is InChI=1S/C15H15FN2O2/c1-18(9-10-2-5-12(16)6-3-10)14-7-4-11(15(19)20)8-13(14)17/h2-8H,9,17H2,1H3,(H,19,20). The molecule has 20 heavy (non-hydrogen) atoms. The molecule has 0 saturated carbocycles. The van der Waals surface area contributed by atoms with Gasteiger partial charge < -0.3 is 15.7 Å². The number of nitrogens with zero attached hydrogens (tertiary/aromatic N) is 1. The van der Waals surface area contributed by atoms with Crippen LogP contribution in [0.2, 0.25) is 0 Å². The van der Waals surface area contributed by atoms with Crippen molar-refractivity contribution in [3.63, 3.8) is 0 Å². The van der Waals surface area contributed by atoms with Crippen LogP contribution in [0, 0.1) is 5.82 Å². The molecular formula is C15H15FN2O2. The number of carboxylic acids is 1. The average Bonchev–Trinajstić information content (AvgIpc) is 2.41. The van der Waals surface area contributed by atoms with Gasteiger partial charge in [-0.25, -0.2) is 9.18 Å². The van der Waals surface area contributed by atoms with Crippen LogP contribution in [0.15, 0.2) is 42.5 Å². The van der Waals surface area contributed by atoms with Gasteiger partial charge >= 0.3 is 5.97 Å². The highest BCUT2D eigenvalue weighted by molar-refractivity contribution is 5.90. The maximum absolute atomic E-state index is 12.8. The van der Waals surface area contributed by atoms with Crippen molar-refractivity contribution in [3.8, 4) is 0 Å². The molecule has 0 bridgehead atoms. The van der Waals surface area contributed by atoms with Crippen LogP contribution in [0.25, 0.3) is 0 Å². The minimum atomic E-state index is -1.01. The van der Waals surface area contributed by atoms with Crippen LogP contribution in [0.1, 0.15) is 15.9 Å². The van der Waals surface area contributed by atoms with E-state index in [2.05, 4.69) is 0 Å². The molecule has 0 spiro atoms. The summed E-state index contributed by atoms with van der Waals surface area (Å²) in [4.78, 5) is 12.7. The van der Waals surface area contributed by atoms with E-state index < -0.39 is 5.97 Å². The van der Waals surface area contributed by atoms with Gasteiger partial charge in [-0.05, 0) is 35.9 Å². The van der Waals surface area contributed by atoms with Crippen molar-refractivity contribution in [3.05, 3.63) is 59.4 Å². The van der Waals surface area contributed by atoms with Crippen molar-refractivity contribution in [1.82, 2.24) is 0 Å². The van der Waals surface area contributed by atoms with E-state index in [1.165, 1.54) is 24.3 Å². The lowest BCUT2D eigenvalue weighted by Crippen LogP contribution is -2.18. The maximum atomic E-state index is 12.8. The number of rotatable bonds is 4. The van der Waals surface area contributed by atoms with Gasteiger partial charge in [0.05, 0.1) is 16.9 Å². The Morgan fingerprint density at radius 1 is 1.25 bits per heavy atom. The van der Waals surface area contributed by atoms with Crippen molar-refractivity contribution in [2.24, 2.45) is 0 Å². The molecule has 0 fully saturated rings. The van der Waals surface area contributed by atoms with E-state index in [-0.39, 0.29) is 11.4 Å². The number of hydrogen-bond donors (Lipinski definition) is 2. The Balaban J connectivity index is 2.18. The quantitative estimate of drug-likeness (QED) is 0.841. The van der Waals surface area contributed by atoms with E-state index in [1.807, 2.05) is 11.9 Å². The molecule has 0 amide bonds. The topological polar surface area (TPSA) is 66.6 Å². The number of nitrogens with two attached hydrogens (primary N) is 1. The molecule has 0 aliphatic rings. The summed E-state index contributed by atoms with van der Waals surface area (Å²) in [5, 5.41) is 8.90. The van der Waals surface area contributed by atoms with Crippen LogP contribution in [0.3, 0.4) is 0 Å². The molecule has 2 aromatic rings. The van der Waals surface area contributed by atoms with Crippen LogP contribution in [0.4, 0.5) is 15.8 Å². The third kappa shape index (κ3) is 3.06. The summed E-state index contributed by atoms with van der Waals surface area (Å²) in [6.07, 6.45) is 0. The molecule has 2 aromatic carbocycles. The smallest absolute Gasteiger partial charge is 0.335 e. The van der Waals surface area contributed by atoms with Gasteiger partial charge in [-0.3, -0.25) is 0 Å². The summed E-state index contributed by atoms with van der Waals surface area (Å²) >= 11 is 0. The molecule has 0 aromatic heterocycles. The number of nitrogen functional groups attached to an aromatic ring is 1. The Morgan fingerprint density at radius 3 is 2.45 bits per heavy atom. The molecule has 0 radical (unpaired) electrons. The number of aromatic carboxylic acids is 1. The van der Waals surface area contributed by atoms with Crippen molar-refractivity contribution in [1.29, 1.82) is 0 Å². The Bertz CT molecular complexity index is 626. The monoisotopic (exact) mass is 274 g/mol. The molecule has 0 atom stereocenters. The lowest BCUT2D eigenvalue weighted by Gasteiger charge is -2.21. The van der Waals surface area contributed by atoms with Gasteiger partial charge in [-0.15, -0.1) is 0 Å². The third-order valence-electron chi connectivity index (χ3n) is 3.02. The first-order valence-corrected chi connectivity index (χ1v) is 6.06. The van der Waals surface area contributed by atoms with Crippen molar-refractivity contribution < 1.29 is 14.3 Å². The molecule has 4 nitrogen and oxygen atoms in total. The summed E-state index contributed by atoms with van der Waals surface area (Å²) in [6, 6.07) is 10.8. The molecule has 3 N–H and O–H groups in total. The minimum Gasteiger partial charge on any atom is -0.478 e. The minimum absolute atomic E-state index is 0.154. The SMILES string of the molecule is CN(Cc1ccc(F)cc1)c1ccc(C(=O)O)cc1N. The lowest BCUT2D eigenvalue weighted by atomic mass is 10.1. The maximum Gasteiger partial charge on any atom is 0.335 e. The molecule has 104 valence electrons. The van der Waals surface area contributed by atoms with Crippen molar-refractivity contribution >= 4 is 17.3 Å². The first-order chi connectivity index (χ1) is 9.47. The fraction of sp³-hybridized carbons (Fsp3) is 0.133. The first-order valence-electron chi connectivity index (χ1n) is 6.06. The predicted octanol–water partition coefficient (Wildman–Crippen LogP) is 2.74. The molecule has 0 heterocycles. The van der Waals surface area contributed by atoms with Crippen LogP contribution < -0.4 is 10.6 Å². The van der Waals surface area contributed by atoms with Crippen molar-refractivity contribution in [2.75, 3.05) is 17.7 Å². The van der Waals surface area contributed by atoms with Gasteiger partial charge in [0.25, 0.3) is 0 Å². The normalized spacial score (nSPS) is 10.3. The lowest BCUT2D eigenvalue weighted by molar-refractivity contribution is 0.0697. The zero-order chi connectivity index (χ0) is 14.7. The summed E-state index contributed by atoms with van der Waals surface area (Å²) in [7, 11) is 1.84. The van der Waals surface area contributed by atoms with Gasteiger partial charge in [0.2, 0.25) is 0 Å². The zero-order valence-electron chi connectivity index (χ0n) is 11.0. The molecule has 0 aliphatic carbocycles. The number of anilines is 2. The molecule has 0 aliphatic heterocycles. The summed E-state index contributed by atoms with van der Waals surface area (Å²) in [5.74, 6) is -1.29. The highest BCUT2D eigenvalue weighted by atomic mass is 19.1. The van der Waals surface area contributed by atoms with Gasteiger partial charge in [-0.2, -0.15) is 0 Å². The van der Waals surface area contributed by atoms with Crippen LogP contribution in [0.5, 0.6) is 0 Å². The second-order valence-corrected chi connectivity index (χ2v) is 4.56. The van der Waals surface area contributed by atoms with Crippen LogP contribution in [-0.4, -0.2) is 18.1 Å². The van der Waals surface area contributed by atoms with E-state index in [0.717, 1.165) is 11.3 Å². The van der Waals surface area contributed by atoms with Crippen LogP contribution in [-0.2, 0) is 6.54 Å². The molecular weight excluding hydrogens is 259 g/mol. The molecule has 2 rings (SSSR count). The summed E-state index contributed by atoms with van der Waals surface area (Å²) in [6.45, 7) is 0.552. The summed E-state index contributed by atoms with van der Waals surface area (Å²) in [5.41, 5.74) is 8.10. The first kappa shape index (κ1) is 13.9. The Kier molecular flexibility index (Phi) is 3.89. The second-order valence-electron chi connectivity index (χ2n) is 4.56. The largest absolute Gasteiger partial charge is 0.478 e. The van der Waals surface area contributed by atoms with Gasteiger partial charge in [0, 0.05) is 13.6 Å². The van der Waals surface area contributed by atoms with Crippen molar-refractivity contribution in [2.45, 2.75) is 6.54 Å². The molecule has 0 unspecified atom stereocenters. The van der Waals surface area contributed by atoms with E-state index in [9.17, 15) is 9.18 Å². The Labute approximate surface area is 116 Å². The van der Waals surface area contributed by atoms with E-state index in [4.69, 9.17) is 10.8 Å². The predicted molar refractivity (Wildman–Crippen MR) is 76.3 cm³/mol. The Morgan fingerprint density at radius 2 is 1.90 bits per heavy atom. The highest BCUT2D eigenvalue weighted by Crippen LogP contribution is 2.24. The van der Waals surface area contributed by atoms with E-state index in [0.29, 0.717) is 12.2 Å². The average molecular weight is 274 g/mol.